The molecule has 8 rings (SSSR count). The van der Waals surface area contributed by atoms with Gasteiger partial charge in [-0.2, -0.15) is 24.3 Å². The summed E-state index contributed by atoms with van der Waals surface area (Å²) < 4.78 is 4.37. The molecule has 0 aliphatic heterocycles. The van der Waals surface area contributed by atoms with Crippen LogP contribution >= 0.6 is 0 Å². The molecule has 0 saturated carbocycles. The molecule has 8 aromatic rings. The number of benzene rings is 4. The molecule has 0 aliphatic rings. The number of fused-ring (bicyclic) bond motifs is 6. The van der Waals surface area contributed by atoms with Crippen LogP contribution < -0.4 is 0 Å². The first-order valence-electron chi connectivity index (χ1n) is 12.6. The third-order valence-corrected chi connectivity index (χ3v) is 7.18. The molecule has 0 fully saturated rings. The van der Waals surface area contributed by atoms with Gasteiger partial charge in [-0.25, -0.2) is 4.98 Å². The fourth-order valence-corrected chi connectivity index (χ4v) is 5.50. The van der Waals surface area contributed by atoms with Crippen LogP contribution in [0.15, 0.2) is 121 Å². The van der Waals surface area contributed by atoms with Crippen molar-refractivity contribution in [1.29, 1.82) is 0 Å². The van der Waals surface area contributed by atoms with E-state index in [1.807, 2.05) is 42.5 Å². The molecular formula is C34H20N4Pt. The van der Waals surface area contributed by atoms with Crippen LogP contribution in [0.1, 0.15) is 0 Å². The average molecular weight is 680 g/mol. The topological polar surface area (TPSA) is 35.6 Å². The maximum absolute atomic E-state index is 5.29. The third-order valence-electron chi connectivity index (χ3n) is 7.18. The Balaban J connectivity index is 0.00000253. The van der Waals surface area contributed by atoms with Crippen LogP contribution in [0.2, 0.25) is 0 Å². The summed E-state index contributed by atoms with van der Waals surface area (Å²) in [5.74, 6) is 0.824. The summed E-state index contributed by atoms with van der Waals surface area (Å²) >= 11 is 0. The number of para-hydroxylation sites is 3. The van der Waals surface area contributed by atoms with Crippen molar-refractivity contribution in [2.24, 2.45) is 0 Å². The van der Waals surface area contributed by atoms with E-state index in [-0.39, 0.29) is 21.1 Å². The molecule has 0 unspecified atom stereocenters. The Labute approximate surface area is 239 Å². The van der Waals surface area contributed by atoms with E-state index in [1.165, 1.54) is 5.39 Å². The molecule has 4 heterocycles. The van der Waals surface area contributed by atoms with Gasteiger partial charge in [-0.1, -0.05) is 54.2 Å². The first-order chi connectivity index (χ1) is 18.9. The molecule has 0 amide bonds. The molecule has 0 radical (unpaired) electrons. The van der Waals surface area contributed by atoms with Gasteiger partial charge in [0, 0.05) is 21.5 Å². The van der Waals surface area contributed by atoms with Crippen LogP contribution in [0.3, 0.4) is 0 Å². The van der Waals surface area contributed by atoms with E-state index in [0.29, 0.717) is 0 Å². The number of nitrogens with zero attached hydrogens (tertiary/aromatic N) is 4. The predicted octanol–water partition coefficient (Wildman–Crippen LogP) is 7.94. The second-order valence-corrected chi connectivity index (χ2v) is 9.34. The summed E-state index contributed by atoms with van der Waals surface area (Å²) in [7, 11) is 0. The van der Waals surface area contributed by atoms with Gasteiger partial charge in [-0.15, -0.1) is 42.0 Å². The summed E-state index contributed by atoms with van der Waals surface area (Å²) in [5.41, 5.74) is 6.77. The molecule has 0 N–H and O–H groups in total. The summed E-state index contributed by atoms with van der Waals surface area (Å²) in [6, 6.07) is 48.1. The normalized spacial score (nSPS) is 11.4. The van der Waals surface area contributed by atoms with Gasteiger partial charge in [0.25, 0.3) is 0 Å². The van der Waals surface area contributed by atoms with E-state index < -0.39 is 0 Å². The molecule has 0 saturated heterocycles. The third kappa shape index (κ3) is 3.64. The van der Waals surface area contributed by atoms with Gasteiger partial charge in [0.05, 0.1) is 11.0 Å². The van der Waals surface area contributed by atoms with Gasteiger partial charge in [0.1, 0.15) is 17.1 Å². The maximum atomic E-state index is 5.29. The van der Waals surface area contributed by atoms with Crippen molar-refractivity contribution < 1.29 is 21.1 Å². The van der Waals surface area contributed by atoms with E-state index in [4.69, 9.17) is 9.97 Å². The molecule has 186 valence electrons. The fourth-order valence-electron chi connectivity index (χ4n) is 5.50. The summed E-state index contributed by atoms with van der Waals surface area (Å²) in [6.45, 7) is 0. The SMILES string of the molecule is [Pt+2].[c-]1ccccc1-c1ccc2c3ccccc3n(-c3ccc4c5ccccc5n(-c5[c-]cccc5)c4n3)c2n1. The molecule has 39 heavy (non-hydrogen) atoms. The number of aromatic nitrogens is 4. The Morgan fingerprint density at radius 1 is 0.487 bits per heavy atom. The van der Waals surface area contributed by atoms with Crippen molar-refractivity contribution in [1.82, 2.24) is 19.1 Å². The molecule has 0 bridgehead atoms. The zero-order chi connectivity index (χ0) is 25.1. The standard InChI is InChI=1S/C34H20N4.Pt/c1-3-11-23(12-4-1)29-21-19-27-26-16-8-10-18-31(26)38(33(27)35-29)32-22-20-28-25-15-7-9-17-30(25)37(34(28)36-32)24-13-5-2-6-14-24;/h1-11,13,15-22H;/q-2;+2. The Morgan fingerprint density at radius 3 is 1.79 bits per heavy atom. The van der Waals surface area contributed by atoms with Crippen LogP contribution in [0, 0.1) is 12.1 Å². The Kier molecular flexibility index (Phi) is 5.64. The summed E-state index contributed by atoms with van der Waals surface area (Å²) in [5, 5.41) is 4.52. The largest absolute Gasteiger partial charge is 2.00 e. The monoisotopic (exact) mass is 679 g/mol. The first kappa shape index (κ1) is 23.6. The quantitative estimate of drug-likeness (QED) is 0.178. The minimum absolute atomic E-state index is 0. The minimum atomic E-state index is 0. The van der Waals surface area contributed by atoms with Crippen LogP contribution in [0.5, 0.6) is 0 Å². The number of pyridine rings is 2. The van der Waals surface area contributed by atoms with Crippen molar-refractivity contribution in [2.45, 2.75) is 0 Å². The Bertz CT molecular complexity index is 2130. The molecule has 0 atom stereocenters. The van der Waals surface area contributed by atoms with Gasteiger partial charge < -0.3 is 4.57 Å². The second kappa shape index (κ2) is 9.34. The molecule has 4 aromatic carbocycles. The van der Waals surface area contributed by atoms with Crippen LogP contribution in [-0.4, -0.2) is 19.1 Å². The predicted molar refractivity (Wildman–Crippen MR) is 154 cm³/mol. The van der Waals surface area contributed by atoms with Gasteiger partial charge in [0.2, 0.25) is 0 Å². The van der Waals surface area contributed by atoms with Crippen LogP contribution in [0.25, 0.3) is 66.6 Å². The molecule has 0 aliphatic carbocycles. The van der Waals surface area contributed by atoms with E-state index in [2.05, 4.69) is 100 Å². The van der Waals surface area contributed by atoms with Crippen molar-refractivity contribution in [3.8, 4) is 22.8 Å². The Hall–Kier alpha value is -4.53. The second-order valence-electron chi connectivity index (χ2n) is 9.34. The van der Waals surface area contributed by atoms with Crippen molar-refractivity contribution >= 4 is 43.9 Å². The van der Waals surface area contributed by atoms with Crippen molar-refractivity contribution in [3.05, 3.63) is 133 Å². The van der Waals surface area contributed by atoms with Gasteiger partial charge in [0.15, 0.2) is 0 Å². The fraction of sp³-hybridized carbons (Fsp3) is 0. The van der Waals surface area contributed by atoms with Crippen molar-refractivity contribution in [3.63, 3.8) is 0 Å². The van der Waals surface area contributed by atoms with Gasteiger partial charge >= 0.3 is 21.1 Å². The van der Waals surface area contributed by atoms with E-state index in [0.717, 1.165) is 61.2 Å². The van der Waals surface area contributed by atoms with Crippen LogP contribution in [0.4, 0.5) is 0 Å². The Morgan fingerprint density at radius 2 is 1.10 bits per heavy atom. The smallest absolute Gasteiger partial charge is 0.318 e. The molecule has 5 heteroatoms. The van der Waals surface area contributed by atoms with Crippen LogP contribution in [-0.2, 0) is 21.1 Å². The maximum Gasteiger partial charge on any atom is 2.00 e. The zero-order valence-electron chi connectivity index (χ0n) is 20.7. The van der Waals surface area contributed by atoms with E-state index in [1.54, 1.807) is 0 Å². The summed E-state index contributed by atoms with van der Waals surface area (Å²) in [6.07, 6.45) is 0. The number of rotatable bonds is 3. The van der Waals surface area contributed by atoms with E-state index >= 15 is 0 Å². The molecule has 4 aromatic heterocycles. The zero-order valence-corrected chi connectivity index (χ0v) is 22.9. The minimum Gasteiger partial charge on any atom is -0.318 e. The van der Waals surface area contributed by atoms with E-state index in [9.17, 15) is 0 Å². The molecule has 4 nitrogen and oxygen atoms in total. The average Bonchev–Trinajstić information content (AvgIpc) is 3.50. The number of hydrogen-bond acceptors (Lipinski definition) is 2. The molecule has 0 spiro atoms. The summed E-state index contributed by atoms with van der Waals surface area (Å²) in [4.78, 5) is 10.4. The van der Waals surface area contributed by atoms with Gasteiger partial charge in [-0.3, -0.25) is 9.55 Å². The van der Waals surface area contributed by atoms with Crippen molar-refractivity contribution in [2.75, 3.05) is 0 Å². The number of hydrogen-bond donors (Lipinski definition) is 0. The molecular weight excluding hydrogens is 659 g/mol. The van der Waals surface area contributed by atoms with Gasteiger partial charge in [-0.05, 0) is 30.0 Å². The first-order valence-corrected chi connectivity index (χ1v) is 12.6.